The molecular weight excluding hydrogens is 336 g/mol. The van der Waals surface area contributed by atoms with Crippen LogP contribution in [0.25, 0.3) is 0 Å². The molecule has 3 nitrogen and oxygen atoms in total. The van der Waals surface area contributed by atoms with Crippen molar-refractivity contribution in [2.75, 3.05) is 6.61 Å². The summed E-state index contributed by atoms with van der Waals surface area (Å²) in [4.78, 5) is 12.8. The van der Waals surface area contributed by atoms with Crippen LogP contribution < -0.4 is 0 Å². The van der Waals surface area contributed by atoms with E-state index >= 15 is 0 Å². The highest BCUT2D eigenvalue weighted by Gasteiger charge is 2.46. The second-order valence-corrected chi connectivity index (χ2v) is 7.54. The van der Waals surface area contributed by atoms with Gasteiger partial charge in [0, 0.05) is 4.88 Å². The Hall–Kier alpha value is -0.300. The molecule has 1 aromatic rings. The number of aliphatic hydroxyl groups excluding tert-OH is 1. The van der Waals surface area contributed by atoms with E-state index in [1.54, 1.807) is 6.92 Å². The molecule has 2 atom stereocenters. The lowest BCUT2D eigenvalue weighted by Gasteiger charge is -2.30. The number of hydrogen-bond donors (Lipinski definition) is 1. The number of esters is 1. The molecule has 98 valence electrons. The first kappa shape index (κ1) is 14.1. The van der Waals surface area contributed by atoms with Gasteiger partial charge < -0.3 is 9.84 Å². The minimum atomic E-state index is -1.15. The van der Waals surface area contributed by atoms with Gasteiger partial charge in [-0.3, -0.25) is 0 Å². The standard InChI is InChI=1S/C12H13BrO3S2/c1-2-16-11(15)10(14)12(6-3-7-17-12)8-4-5-9(13)18-8/h3-5,7,10,14H,2,6H2,1H3. The van der Waals surface area contributed by atoms with Crippen molar-refractivity contribution in [1.29, 1.82) is 0 Å². The van der Waals surface area contributed by atoms with Crippen LogP contribution in [0.2, 0.25) is 0 Å². The SMILES string of the molecule is CCOC(=O)C(O)C1(c2ccc(Br)s2)CC=CS1. The van der Waals surface area contributed by atoms with Crippen molar-refractivity contribution in [3.05, 3.63) is 32.3 Å². The van der Waals surface area contributed by atoms with Crippen LogP contribution in [0.15, 0.2) is 27.4 Å². The molecule has 0 bridgehead atoms. The molecule has 0 radical (unpaired) electrons. The number of allylic oxidation sites excluding steroid dienone is 1. The van der Waals surface area contributed by atoms with Gasteiger partial charge in [0.1, 0.15) is 0 Å². The first-order chi connectivity index (χ1) is 8.60. The van der Waals surface area contributed by atoms with E-state index in [-0.39, 0.29) is 6.61 Å². The quantitative estimate of drug-likeness (QED) is 0.848. The van der Waals surface area contributed by atoms with Crippen LogP contribution >= 0.6 is 39.0 Å². The predicted octanol–water partition coefficient (Wildman–Crippen LogP) is 3.28. The number of ether oxygens (including phenoxy) is 1. The molecule has 1 N–H and O–H groups in total. The minimum Gasteiger partial charge on any atom is -0.464 e. The minimum absolute atomic E-state index is 0.276. The lowest BCUT2D eigenvalue weighted by molar-refractivity contribution is -0.154. The number of thioether (sulfide) groups is 1. The molecule has 2 rings (SSSR count). The van der Waals surface area contributed by atoms with Crippen LogP contribution in [0.1, 0.15) is 18.2 Å². The fourth-order valence-corrected chi connectivity index (χ4v) is 4.68. The summed E-state index contributed by atoms with van der Waals surface area (Å²) in [5.74, 6) is -0.557. The van der Waals surface area contributed by atoms with Crippen molar-refractivity contribution in [2.24, 2.45) is 0 Å². The summed E-state index contributed by atoms with van der Waals surface area (Å²) >= 11 is 6.42. The fraction of sp³-hybridized carbons (Fsp3) is 0.417. The second-order valence-electron chi connectivity index (χ2n) is 3.84. The number of rotatable bonds is 4. The summed E-state index contributed by atoms with van der Waals surface area (Å²) in [5, 5.41) is 12.2. The van der Waals surface area contributed by atoms with Crippen molar-refractivity contribution in [2.45, 2.75) is 24.2 Å². The third-order valence-electron chi connectivity index (χ3n) is 2.74. The van der Waals surface area contributed by atoms with E-state index < -0.39 is 16.8 Å². The fourth-order valence-electron chi connectivity index (χ4n) is 1.86. The third kappa shape index (κ3) is 2.52. The molecule has 18 heavy (non-hydrogen) atoms. The molecule has 1 aliphatic rings. The van der Waals surface area contributed by atoms with Gasteiger partial charge in [-0.05, 0) is 46.8 Å². The van der Waals surface area contributed by atoms with E-state index in [1.807, 2.05) is 23.6 Å². The monoisotopic (exact) mass is 348 g/mol. The largest absolute Gasteiger partial charge is 0.464 e. The van der Waals surface area contributed by atoms with E-state index in [2.05, 4.69) is 15.9 Å². The van der Waals surface area contributed by atoms with E-state index in [0.29, 0.717) is 6.42 Å². The highest BCUT2D eigenvalue weighted by Crippen LogP contribution is 2.51. The number of thiophene rings is 1. The third-order valence-corrected chi connectivity index (χ3v) is 6.03. The number of halogens is 1. The first-order valence-electron chi connectivity index (χ1n) is 5.53. The molecule has 1 aromatic heterocycles. The van der Waals surface area contributed by atoms with Gasteiger partial charge >= 0.3 is 5.97 Å². The number of carbonyl (C=O) groups excluding carboxylic acids is 1. The molecular formula is C12H13BrO3S2. The number of carbonyl (C=O) groups is 1. The van der Waals surface area contributed by atoms with Crippen LogP contribution in [-0.2, 0) is 14.3 Å². The zero-order valence-corrected chi connectivity index (χ0v) is 13.0. The van der Waals surface area contributed by atoms with Crippen molar-refractivity contribution in [3.63, 3.8) is 0 Å². The Balaban J connectivity index is 2.30. The Morgan fingerprint density at radius 1 is 1.67 bits per heavy atom. The molecule has 0 saturated heterocycles. The summed E-state index contributed by atoms with van der Waals surface area (Å²) < 4.78 is 5.28. The van der Waals surface area contributed by atoms with E-state index in [0.717, 1.165) is 8.66 Å². The van der Waals surface area contributed by atoms with E-state index in [9.17, 15) is 9.90 Å². The van der Waals surface area contributed by atoms with Crippen molar-refractivity contribution < 1.29 is 14.6 Å². The molecule has 0 fully saturated rings. The van der Waals surface area contributed by atoms with Crippen molar-refractivity contribution in [3.8, 4) is 0 Å². The molecule has 0 amide bonds. The topological polar surface area (TPSA) is 46.5 Å². The van der Waals surface area contributed by atoms with E-state index in [1.165, 1.54) is 23.1 Å². The van der Waals surface area contributed by atoms with Crippen molar-refractivity contribution in [1.82, 2.24) is 0 Å². The Labute approximate surface area is 122 Å². The van der Waals surface area contributed by atoms with Gasteiger partial charge in [0.05, 0.1) is 15.1 Å². The Morgan fingerprint density at radius 3 is 2.94 bits per heavy atom. The average Bonchev–Trinajstić information content (AvgIpc) is 2.97. The second kappa shape index (κ2) is 5.77. The van der Waals surface area contributed by atoms with Gasteiger partial charge in [0.2, 0.25) is 0 Å². The van der Waals surface area contributed by atoms with Crippen LogP contribution in [0, 0.1) is 0 Å². The zero-order valence-electron chi connectivity index (χ0n) is 9.76. The van der Waals surface area contributed by atoms with E-state index in [4.69, 9.17) is 4.74 Å². The van der Waals surface area contributed by atoms with Gasteiger partial charge in [0.25, 0.3) is 0 Å². The lowest BCUT2D eigenvalue weighted by Crippen LogP contribution is -2.41. The van der Waals surface area contributed by atoms with Crippen LogP contribution in [0.5, 0.6) is 0 Å². The molecule has 0 aliphatic carbocycles. The highest BCUT2D eigenvalue weighted by molar-refractivity contribution is 9.11. The van der Waals surface area contributed by atoms with Gasteiger partial charge in [-0.1, -0.05) is 6.08 Å². The van der Waals surface area contributed by atoms with Gasteiger partial charge in [0.15, 0.2) is 6.10 Å². The Bertz CT molecular complexity index is 462. The molecule has 0 spiro atoms. The zero-order chi connectivity index (χ0) is 13.2. The van der Waals surface area contributed by atoms with Gasteiger partial charge in [-0.2, -0.15) is 0 Å². The summed E-state index contributed by atoms with van der Waals surface area (Å²) in [6, 6.07) is 3.87. The summed E-state index contributed by atoms with van der Waals surface area (Å²) in [6.07, 6.45) is 1.45. The summed E-state index contributed by atoms with van der Waals surface area (Å²) in [6.45, 7) is 2.01. The van der Waals surface area contributed by atoms with Crippen molar-refractivity contribution >= 4 is 45.0 Å². The van der Waals surface area contributed by atoms with Crippen LogP contribution in [-0.4, -0.2) is 23.8 Å². The maximum atomic E-state index is 11.8. The summed E-state index contributed by atoms with van der Waals surface area (Å²) in [5.41, 5.74) is 0. The predicted molar refractivity (Wildman–Crippen MR) is 77.7 cm³/mol. The number of aliphatic hydroxyl groups is 1. The molecule has 2 unspecified atom stereocenters. The smallest absolute Gasteiger partial charge is 0.336 e. The Kier molecular flexibility index (Phi) is 4.53. The normalized spacial score (nSPS) is 24.2. The summed E-state index contributed by atoms with van der Waals surface area (Å²) in [7, 11) is 0. The lowest BCUT2D eigenvalue weighted by atomic mass is 9.95. The Morgan fingerprint density at radius 2 is 2.44 bits per heavy atom. The maximum absolute atomic E-state index is 11.8. The van der Waals surface area contributed by atoms with Gasteiger partial charge in [-0.25, -0.2) is 4.79 Å². The first-order valence-corrected chi connectivity index (χ1v) is 8.02. The van der Waals surface area contributed by atoms with Crippen LogP contribution in [0.4, 0.5) is 0 Å². The van der Waals surface area contributed by atoms with Gasteiger partial charge in [-0.15, -0.1) is 23.1 Å². The molecule has 2 heterocycles. The maximum Gasteiger partial charge on any atom is 0.336 e. The highest BCUT2D eigenvalue weighted by atomic mass is 79.9. The number of hydrogen-bond acceptors (Lipinski definition) is 5. The molecule has 0 aromatic carbocycles. The molecule has 6 heteroatoms. The average molecular weight is 349 g/mol. The molecule has 1 aliphatic heterocycles. The van der Waals surface area contributed by atoms with Crippen LogP contribution in [0.3, 0.4) is 0 Å². The molecule has 0 saturated carbocycles.